The second kappa shape index (κ2) is 23.3. The van der Waals surface area contributed by atoms with Crippen LogP contribution in [0.3, 0.4) is 0 Å². The molecule has 9 heterocycles. The molecule has 2 aliphatic rings. The lowest BCUT2D eigenvalue weighted by Gasteiger charge is -2.21. The Balaban J connectivity index is 1.11. The molecule has 0 saturated carbocycles. The Kier molecular flexibility index (Phi) is 16.1. The molecule has 0 fully saturated rings. The number of amides is 6. The van der Waals surface area contributed by atoms with Gasteiger partial charge in [-0.25, -0.2) is 34.7 Å². The molecule has 31 heteroatoms. The summed E-state index contributed by atoms with van der Waals surface area (Å²) >= 11 is 5.71. The number of nitrogens with zero attached hydrogens (tertiary/aromatic N) is 6. The maximum Gasteiger partial charge on any atom is 0.335 e. The number of carbonyl (C=O) groups excluding carboxylic acids is 8. The van der Waals surface area contributed by atoms with E-state index in [-0.39, 0.29) is 99.9 Å². The number of thioether (sulfide) groups is 1. The number of nitrogens with one attached hydrogen (secondary N) is 6. The van der Waals surface area contributed by atoms with Crippen LogP contribution in [-0.4, -0.2) is 121 Å². The summed E-state index contributed by atoms with van der Waals surface area (Å²) in [6.07, 6.45) is -2.29. The fourth-order valence-corrected chi connectivity index (χ4v) is 13.2. The lowest BCUT2D eigenvalue weighted by Crippen LogP contribution is -2.52. The molecule has 12 bridgehead atoms. The van der Waals surface area contributed by atoms with Crippen molar-refractivity contribution in [3.05, 3.63) is 125 Å². The van der Waals surface area contributed by atoms with Crippen LogP contribution in [0.25, 0.3) is 49.3 Å². The van der Waals surface area contributed by atoms with E-state index < -0.39 is 89.0 Å². The molecule has 0 spiro atoms. The number of aliphatic hydroxyl groups excluding tert-OH is 2. The second-order valence-electron chi connectivity index (χ2n) is 17.8. The number of primary amides is 1. The van der Waals surface area contributed by atoms with Crippen molar-refractivity contribution in [1.82, 2.24) is 61.5 Å². The van der Waals surface area contributed by atoms with E-state index in [4.69, 9.17) is 20.4 Å². The molecule has 2 aliphatic heterocycles. The van der Waals surface area contributed by atoms with E-state index in [0.717, 1.165) is 68.4 Å². The van der Waals surface area contributed by atoms with Crippen LogP contribution in [0, 0.1) is 0 Å². The number of carbonyl (C=O) groups is 8. The average Bonchev–Trinajstić information content (AvgIpc) is 4.49. The molecular formula is C50H41N13O12S6. The number of fused-ring (bicyclic) bond motifs is 13. The largest absolute Gasteiger partial charge is 0.506 e. The summed E-state index contributed by atoms with van der Waals surface area (Å²) in [5, 5.41) is 54.9. The maximum atomic E-state index is 14.4. The highest BCUT2D eigenvalue weighted by Gasteiger charge is 2.33. The number of hydrogen-bond donors (Lipinski definition) is 10. The van der Waals surface area contributed by atoms with Crippen LogP contribution in [0.4, 0.5) is 0 Å². The minimum Gasteiger partial charge on any atom is -0.506 e. The Morgan fingerprint density at radius 2 is 1.44 bits per heavy atom. The lowest BCUT2D eigenvalue weighted by molar-refractivity contribution is -0.155. The number of thiazole rings is 5. The summed E-state index contributed by atoms with van der Waals surface area (Å²) in [6.45, 7) is 6.01. The minimum absolute atomic E-state index is 0.0402. The number of cyclic esters (lactones) is 1. The zero-order valence-electron chi connectivity index (χ0n) is 41.8. The van der Waals surface area contributed by atoms with Gasteiger partial charge in [0, 0.05) is 55.5 Å². The first-order valence-corrected chi connectivity index (χ1v) is 29.2. The van der Waals surface area contributed by atoms with Gasteiger partial charge in [0.1, 0.15) is 83.3 Å². The van der Waals surface area contributed by atoms with Crippen molar-refractivity contribution in [2.75, 3.05) is 5.75 Å². The number of H-pyrrole nitrogens is 1. The smallest absolute Gasteiger partial charge is 0.335 e. The predicted octanol–water partition coefficient (Wildman–Crippen LogP) is 4.57. The number of allylic oxidation sites excluding steroid dienone is 1. The average molecular weight is 1210 g/mol. The second-order valence-corrected chi connectivity index (χ2v) is 23.1. The number of aliphatic hydroxyl groups is 2. The van der Waals surface area contributed by atoms with Gasteiger partial charge in [-0.05, 0) is 37.6 Å². The summed E-state index contributed by atoms with van der Waals surface area (Å²) in [5.74, 6) is -6.66. The zero-order valence-corrected chi connectivity index (χ0v) is 46.7. The molecular weight excluding hydrogens is 1170 g/mol. The van der Waals surface area contributed by atoms with Crippen LogP contribution in [-0.2, 0) is 25.7 Å². The van der Waals surface area contributed by atoms with E-state index in [1.54, 1.807) is 36.6 Å². The molecule has 11 N–H and O–H groups in total. The van der Waals surface area contributed by atoms with E-state index in [9.17, 15) is 53.7 Å². The van der Waals surface area contributed by atoms with Gasteiger partial charge in [-0.15, -0.1) is 56.7 Å². The first-order valence-electron chi connectivity index (χ1n) is 23.9. The summed E-state index contributed by atoms with van der Waals surface area (Å²) in [6, 6.07) is 4.19. The van der Waals surface area contributed by atoms with Crippen molar-refractivity contribution >= 4 is 132 Å². The van der Waals surface area contributed by atoms with E-state index in [1.807, 2.05) is 0 Å². The van der Waals surface area contributed by atoms with Gasteiger partial charge in [-0.2, -0.15) is 0 Å². The molecule has 8 aromatic rings. The molecule has 6 amide bonds. The van der Waals surface area contributed by atoms with Crippen molar-refractivity contribution in [1.29, 1.82) is 0 Å². The van der Waals surface area contributed by atoms with Crippen LogP contribution in [0.1, 0.15) is 105 Å². The Hall–Kier alpha value is -8.43. The van der Waals surface area contributed by atoms with Crippen LogP contribution in [0.2, 0.25) is 0 Å². The van der Waals surface area contributed by atoms with E-state index in [0.29, 0.717) is 16.5 Å². The van der Waals surface area contributed by atoms with Crippen molar-refractivity contribution in [2.45, 2.75) is 57.2 Å². The Morgan fingerprint density at radius 3 is 2.17 bits per heavy atom. The summed E-state index contributed by atoms with van der Waals surface area (Å²) in [5.41, 5.74) is 5.76. The molecule has 0 saturated heterocycles. The van der Waals surface area contributed by atoms with Crippen molar-refractivity contribution in [3.8, 4) is 38.4 Å². The van der Waals surface area contributed by atoms with E-state index in [2.05, 4.69) is 58.1 Å². The minimum atomic E-state index is -1.84. The van der Waals surface area contributed by atoms with Gasteiger partial charge in [-0.1, -0.05) is 36.5 Å². The topological polar surface area (TPSA) is 386 Å². The molecule has 0 radical (unpaired) electrons. The number of rotatable bonds is 5. The molecule has 10 rings (SSSR count). The van der Waals surface area contributed by atoms with E-state index >= 15 is 0 Å². The number of pyridine rings is 1. The lowest BCUT2D eigenvalue weighted by atomic mass is 10.1. The van der Waals surface area contributed by atoms with Gasteiger partial charge < -0.3 is 57.4 Å². The monoisotopic (exact) mass is 1210 g/mol. The zero-order chi connectivity index (χ0) is 57.4. The Labute approximate surface area is 480 Å². The number of aromatic nitrogens is 7. The number of benzene rings is 1. The number of esters is 1. The standard InChI is InChI=1S/C50H41N13O12S6/c1-4-23-45-59-29(14-78-45)40(69)55-25-10-34(66)49(73)75-11-20-6-5-7-24-21(20)8-26(53-24)50(74)81-17-32(56-41(70)30-15-79-46(25)60-30)47-57-27(12-77-47)36-22(44-58-31(13-76-44)42(71)63-35(19(3)64)43(72)54-23)9-33(65)37(62-36)48-61-28(16-80-48)39(68)52-18(2)38(51)67/h4-9,12-16,19,25,32,34-35,53,64-66H,2,10-11,17H2,1,3H3,(H2,51,67)(H,52,68)(H,54,72)(H,55,69)(H,56,70)(H,63,71). The molecule has 81 heavy (non-hydrogen) atoms. The molecule has 5 unspecified atom stereocenters. The first kappa shape index (κ1) is 55.9. The Morgan fingerprint density at radius 1 is 0.802 bits per heavy atom. The molecule has 25 nitrogen and oxygen atoms in total. The third-order valence-corrected chi connectivity index (χ3v) is 17.7. The van der Waals surface area contributed by atoms with E-state index in [1.165, 1.54) is 40.6 Å². The van der Waals surface area contributed by atoms with Gasteiger partial charge in [0.05, 0.1) is 35.3 Å². The van der Waals surface area contributed by atoms with Crippen molar-refractivity contribution in [3.63, 3.8) is 0 Å². The maximum absolute atomic E-state index is 14.4. The van der Waals surface area contributed by atoms with Gasteiger partial charge in [-0.3, -0.25) is 33.6 Å². The normalized spacial score (nSPS) is 19.3. The summed E-state index contributed by atoms with van der Waals surface area (Å²) in [4.78, 5) is 139. The fraction of sp³-hybridized carbons (Fsp3) is 0.200. The van der Waals surface area contributed by atoms with Crippen LogP contribution in [0.5, 0.6) is 5.75 Å². The molecule has 5 atom stereocenters. The highest BCUT2D eigenvalue weighted by Crippen LogP contribution is 2.41. The van der Waals surface area contributed by atoms with Gasteiger partial charge in [0.2, 0.25) is 11.0 Å². The first-order chi connectivity index (χ1) is 38.8. The van der Waals surface area contributed by atoms with Gasteiger partial charge in [0.25, 0.3) is 29.5 Å². The SMILES string of the molecule is C=C(NC(=O)c1csc(-c2nc3c(cc2O)-c2nc(cs2)C(=O)NC(C(C)O)C(=O)NC(=CC)c2nc(cs2)C(=O)NC2CC(O)C(=O)OCc4cccc5[nH]c(cc45)C(=O)SCC(NC(=O)c4csc2n4)c2nc-3cs2)n1)C(N)=O. The van der Waals surface area contributed by atoms with Crippen molar-refractivity contribution < 1.29 is 58.4 Å². The van der Waals surface area contributed by atoms with Crippen molar-refractivity contribution in [2.24, 2.45) is 5.73 Å². The number of ether oxygens (including phenoxy) is 1. The van der Waals surface area contributed by atoms with Crippen LogP contribution in [0.15, 0.2) is 75.6 Å². The quantitative estimate of drug-likeness (QED) is 0.0833. The summed E-state index contributed by atoms with van der Waals surface area (Å²) < 4.78 is 5.57. The fourth-order valence-electron chi connectivity index (χ4n) is 8.08. The van der Waals surface area contributed by atoms with Crippen LogP contribution >= 0.6 is 68.4 Å². The van der Waals surface area contributed by atoms with Gasteiger partial charge in [0.15, 0.2) is 6.10 Å². The molecule has 1 aromatic carbocycles. The highest BCUT2D eigenvalue weighted by atomic mass is 32.2. The Bertz CT molecular complexity index is 3930. The van der Waals surface area contributed by atoms with Gasteiger partial charge >= 0.3 is 5.97 Å². The molecule has 0 aliphatic carbocycles. The highest BCUT2D eigenvalue weighted by molar-refractivity contribution is 8.14. The number of aromatic amines is 1. The molecule has 7 aromatic heterocycles. The third-order valence-electron chi connectivity index (χ3n) is 12.2. The number of nitrogens with two attached hydrogens (primary N) is 1. The molecule has 414 valence electrons. The van der Waals surface area contributed by atoms with Crippen LogP contribution < -0.4 is 32.3 Å². The predicted molar refractivity (Wildman–Crippen MR) is 300 cm³/mol. The summed E-state index contributed by atoms with van der Waals surface area (Å²) in [7, 11) is 0. The number of hydrogen-bond acceptors (Lipinski definition) is 24. The number of aromatic hydroxyl groups is 1. The third kappa shape index (κ3) is 11.9.